The first-order valence-corrected chi connectivity index (χ1v) is 10.9. The molecular weight excluding hydrogens is 392 g/mol. The molecule has 1 fully saturated rings. The summed E-state index contributed by atoms with van der Waals surface area (Å²) in [6.45, 7) is 4.24. The van der Waals surface area contributed by atoms with Gasteiger partial charge in [-0.25, -0.2) is 13.2 Å². The molecule has 29 heavy (non-hydrogen) atoms. The summed E-state index contributed by atoms with van der Waals surface area (Å²) in [6.07, 6.45) is 2.39. The van der Waals surface area contributed by atoms with Gasteiger partial charge in [0, 0.05) is 24.5 Å². The molecule has 1 saturated heterocycles. The van der Waals surface area contributed by atoms with Gasteiger partial charge in [0.1, 0.15) is 0 Å². The number of anilines is 2. The van der Waals surface area contributed by atoms with E-state index in [2.05, 4.69) is 26.5 Å². The summed E-state index contributed by atoms with van der Waals surface area (Å²) in [5.41, 5.74) is 0.508. The molecule has 0 amide bonds. The number of aromatic amines is 2. The highest BCUT2D eigenvalue weighted by Crippen LogP contribution is 2.25. The van der Waals surface area contributed by atoms with Crippen LogP contribution in [-0.2, 0) is 10.0 Å². The van der Waals surface area contributed by atoms with Gasteiger partial charge in [-0.15, -0.1) is 0 Å². The number of piperidine rings is 1. The quantitative estimate of drug-likeness (QED) is 0.606. The van der Waals surface area contributed by atoms with Crippen LogP contribution in [0.2, 0.25) is 0 Å². The van der Waals surface area contributed by atoms with Crippen molar-refractivity contribution in [2.75, 3.05) is 22.7 Å². The molecule has 1 atom stereocenters. The van der Waals surface area contributed by atoms with Crippen LogP contribution in [-0.4, -0.2) is 31.5 Å². The average molecular weight is 414 g/mol. The molecule has 1 aliphatic rings. The molecule has 152 valence electrons. The fourth-order valence-corrected chi connectivity index (χ4v) is 4.77. The first-order chi connectivity index (χ1) is 13.8. The van der Waals surface area contributed by atoms with Crippen molar-refractivity contribution in [3.8, 4) is 0 Å². The van der Waals surface area contributed by atoms with Crippen molar-refractivity contribution in [3.63, 3.8) is 0 Å². The molecular formula is C20H22N4O4S. The molecule has 0 bridgehead atoms. The number of hydrogen-bond donors (Lipinski definition) is 3. The Bertz CT molecular complexity index is 1260. The summed E-state index contributed by atoms with van der Waals surface area (Å²) in [4.78, 5) is 30.1. The number of fused-ring (bicyclic) bond motifs is 1. The van der Waals surface area contributed by atoms with Crippen LogP contribution in [0.5, 0.6) is 0 Å². The second kappa shape index (κ2) is 7.40. The lowest BCUT2D eigenvalue weighted by Gasteiger charge is -2.32. The van der Waals surface area contributed by atoms with E-state index in [4.69, 9.17) is 0 Å². The van der Waals surface area contributed by atoms with Crippen LogP contribution in [0.25, 0.3) is 10.9 Å². The number of sulfonamides is 1. The second-order valence-electron chi connectivity index (χ2n) is 7.46. The predicted molar refractivity (Wildman–Crippen MR) is 113 cm³/mol. The Labute approximate surface area is 167 Å². The summed E-state index contributed by atoms with van der Waals surface area (Å²) >= 11 is 0. The topological polar surface area (TPSA) is 115 Å². The number of nitrogens with one attached hydrogen (secondary N) is 3. The SMILES string of the molecule is CC1CCCN(c2ccc(NS(=O)(=O)c3ccc4[nH]c(=O)[nH]c(=O)c4c3)cc2)C1. The Hall–Kier alpha value is -3.07. The zero-order chi connectivity index (χ0) is 20.6. The van der Waals surface area contributed by atoms with E-state index in [1.807, 2.05) is 12.1 Å². The van der Waals surface area contributed by atoms with Crippen LogP contribution in [0.15, 0.2) is 56.9 Å². The normalized spacial score (nSPS) is 17.4. The molecule has 1 aliphatic heterocycles. The highest BCUT2D eigenvalue weighted by Gasteiger charge is 2.18. The molecule has 3 N–H and O–H groups in total. The van der Waals surface area contributed by atoms with Crippen molar-refractivity contribution in [1.82, 2.24) is 9.97 Å². The predicted octanol–water partition coefficient (Wildman–Crippen LogP) is 2.25. The maximum Gasteiger partial charge on any atom is 0.326 e. The highest BCUT2D eigenvalue weighted by atomic mass is 32.2. The zero-order valence-corrected chi connectivity index (χ0v) is 16.8. The van der Waals surface area contributed by atoms with Gasteiger partial charge in [-0.05, 0) is 61.2 Å². The molecule has 9 heteroatoms. The lowest BCUT2D eigenvalue weighted by Crippen LogP contribution is -2.34. The monoisotopic (exact) mass is 414 g/mol. The molecule has 4 rings (SSSR count). The number of nitrogens with zero attached hydrogens (tertiary/aromatic N) is 1. The zero-order valence-electron chi connectivity index (χ0n) is 15.9. The minimum absolute atomic E-state index is 0.0588. The minimum atomic E-state index is -3.89. The average Bonchev–Trinajstić information content (AvgIpc) is 2.68. The fraction of sp³-hybridized carbons (Fsp3) is 0.300. The number of hydrogen-bond acceptors (Lipinski definition) is 5. The van der Waals surface area contributed by atoms with Gasteiger partial charge in [-0.1, -0.05) is 6.92 Å². The maximum atomic E-state index is 12.7. The third-order valence-electron chi connectivity index (χ3n) is 5.16. The molecule has 8 nitrogen and oxygen atoms in total. The minimum Gasteiger partial charge on any atom is -0.371 e. The molecule has 0 spiro atoms. The molecule has 0 aliphatic carbocycles. The Kier molecular flexibility index (Phi) is 4.91. The van der Waals surface area contributed by atoms with Gasteiger partial charge in [0.05, 0.1) is 15.8 Å². The van der Waals surface area contributed by atoms with Crippen LogP contribution >= 0.6 is 0 Å². The molecule has 2 heterocycles. The molecule has 0 saturated carbocycles. The van der Waals surface area contributed by atoms with E-state index in [1.165, 1.54) is 24.6 Å². The Morgan fingerprint density at radius 2 is 1.83 bits per heavy atom. The van der Waals surface area contributed by atoms with Crippen molar-refractivity contribution in [2.45, 2.75) is 24.7 Å². The van der Waals surface area contributed by atoms with Crippen LogP contribution in [0, 0.1) is 5.92 Å². The van der Waals surface area contributed by atoms with Gasteiger partial charge in [0.2, 0.25) is 0 Å². The van der Waals surface area contributed by atoms with E-state index >= 15 is 0 Å². The largest absolute Gasteiger partial charge is 0.371 e. The van der Waals surface area contributed by atoms with Gasteiger partial charge < -0.3 is 9.88 Å². The summed E-state index contributed by atoms with van der Waals surface area (Å²) in [6, 6.07) is 11.3. The van der Waals surface area contributed by atoms with Crippen LogP contribution in [0.4, 0.5) is 11.4 Å². The highest BCUT2D eigenvalue weighted by molar-refractivity contribution is 7.92. The van der Waals surface area contributed by atoms with Crippen molar-refractivity contribution in [3.05, 3.63) is 63.3 Å². The number of rotatable bonds is 4. The summed E-state index contributed by atoms with van der Waals surface area (Å²) in [5.74, 6) is 0.646. The van der Waals surface area contributed by atoms with Crippen molar-refractivity contribution in [1.29, 1.82) is 0 Å². The van der Waals surface area contributed by atoms with Crippen molar-refractivity contribution in [2.24, 2.45) is 5.92 Å². The van der Waals surface area contributed by atoms with Crippen molar-refractivity contribution < 1.29 is 8.42 Å². The Morgan fingerprint density at radius 1 is 1.07 bits per heavy atom. The Balaban J connectivity index is 1.58. The van der Waals surface area contributed by atoms with Gasteiger partial charge in [0.15, 0.2) is 0 Å². The second-order valence-corrected chi connectivity index (χ2v) is 9.14. The number of benzene rings is 2. The lowest BCUT2D eigenvalue weighted by molar-refractivity contribution is 0.447. The first kappa shape index (κ1) is 19.3. The Morgan fingerprint density at radius 3 is 2.55 bits per heavy atom. The van der Waals surface area contributed by atoms with Gasteiger partial charge in [-0.2, -0.15) is 0 Å². The molecule has 2 aromatic carbocycles. The lowest BCUT2D eigenvalue weighted by atomic mass is 10.00. The smallest absolute Gasteiger partial charge is 0.326 e. The first-order valence-electron chi connectivity index (χ1n) is 9.46. The third-order valence-corrected chi connectivity index (χ3v) is 6.54. The fourth-order valence-electron chi connectivity index (χ4n) is 3.69. The van der Waals surface area contributed by atoms with E-state index in [9.17, 15) is 18.0 Å². The van der Waals surface area contributed by atoms with Gasteiger partial charge >= 0.3 is 5.69 Å². The summed E-state index contributed by atoms with van der Waals surface area (Å²) in [5, 5.41) is 0.0991. The molecule has 1 unspecified atom stereocenters. The van der Waals surface area contributed by atoms with E-state index in [-0.39, 0.29) is 15.8 Å². The van der Waals surface area contributed by atoms with Crippen LogP contribution in [0.3, 0.4) is 0 Å². The van der Waals surface area contributed by atoms with E-state index in [1.54, 1.807) is 12.1 Å². The number of aromatic nitrogens is 2. The van der Waals surface area contributed by atoms with Gasteiger partial charge in [0.25, 0.3) is 15.6 Å². The standard InChI is InChI=1S/C20H22N4O4S/c1-13-3-2-10-24(12-13)15-6-4-14(5-7-15)23-29(27,28)16-8-9-18-17(11-16)19(25)22-20(26)21-18/h4-9,11,13,23H,2-3,10,12H2,1H3,(H2,21,22,25,26). The molecule has 1 aromatic heterocycles. The van der Waals surface area contributed by atoms with Crippen molar-refractivity contribution >= 4 is 32.3 Å². The number of H-pyrrole nitrogens is 2. The van der Waals surface area contributed by atoms with E-state index < -0.39 is 21.3 Å². The van der Waals surface area contributed by atoms with E-state index in [0.717, 1.165) is 25.2 Å². The van der Waals surface area contributed by atoms with E-state index in [0.29, 0.717) is 11.6 Å². The summed E-state index contributed by atoms with van der Waals surface area (Å²) in [7, 11) is -3.89. The molecule has 0 radical (unpaired) electrons. The van der Waals surface area contributed by atoms with Crippen LogP contribution < -0.4 is 20.9 Å². The third kappa shape index (κ3) is 4.04. The van der Waals surface area contributed by atoms with Crippen LogP contribution in [0.1, 0.15) is 19.8 Å². The van der Waals surface area contributed by atoms with Gasteiger partial charge in [-0.3, -0.25) is 14.5 Å². The maximum absolute atomic E-state index is 12.7. The summed E-state index contributed by atoms with van der Waals surface area (Å²) < 4.78 is 28.0. The molecule has 3 aromatic rings.